The first kappa shape index (κ1) is 21.1. The van der Waals surface area contributed by atoms with Gasteiger partial charge in [0.25, 0.3) is 0 Å². The number of hydrogen-bond donors (Lipinski definition) is 2. The minimum Gasteiger partial charge on any atom is -0.369 e. The minimum atomic E-state index is -0.0151. The highest BCUT2D eigenvalue weighted by atomic mass is 16.2. The number of guanidine groups is 1. The molecule has 7 heteroatoms. The Hall–Kier alpha value is -2.18. The topological polar surface area (TPSA) is 96.5 Å². The Kier molecular flexibility index (Phi) is 6.85. The molecule has 4 atom stereocenters. The van der Waals surface area contributed by atoms with Crippen LogP contribution in [0.1, 0.15) is 70.6 Å². The van der Waals surface area contributed by atoms with Crippen molar-refractivity contribution in [3.63, 3.8) is 0 Å². The number of carbonyl (C=O) groups excluding carboxylic acids is 1. The lowest BCUT2D eigenvalue weighted by atomic mass is 9.75. The van der Waals surface area contributed by atoms with E-state index >= 15 is 0 Å². The van der Waals surface area contributed by atoms with Crippen LogP contribution in [0.25, 0.3) is 0 Å². The molecule has 0 bridgehead atoms. The normalized spacial score (nSPS) is 30.8. The third kappa shape index (κ3) is 5.10. The van der Waals surface area contributed by atoms with Crippen LogP contribution in [0.2, 0.25) is 0 Å². The van der Waals surface area contributed by atoms with E-state index in [1.54, 1.807) is 30.5 Å². The highest BCUT2D eigenvalue weighted by molar-refractivity contribution is 5.99. The van der Waals surface area contributed by atoms with Crippen LogP contribution in [0.3, 0.4) is 0 Å². The molecule has 1 amide bonds. The van der Waals surface area contributed by atoms with Gasteiger partial charge in [-0.05, 0) is 37.5 Å². The maximum Gasteiger partial charge on any atom is 0.234 e. The van der Waals surface area contributed by atoms with E-state index in [0.717, 1.165) is 31.5 Å². The van der Waals surface area contributed by atoms with Crippen molar-refractivity contribution in [2.45, 2.75) is 82.7 Å². The molecule has 4 rings (SSSR count). The highest BCUT2D eigenvalue weighted by Gasteiger charge is 2.39. The highest BCUT2D eigenvalue weighted by Crippen LogP contribution is 2.37. The van der Waals surface area contributed by atoms with Crippen molar-refractivity contribution in [2.24, 2.45) is 28.5 Å². The lowest BCUT2D eigenvalue weighted by Gasteiger charge is -2.38. The Morgan fingerprint density at radius 3 is 2.63 bits per heavy atom. The molecule has 0 aromatic carbocycles. The van der Waals surface area contributed by atoms with Crippen LogP contribution in [-0.2, 0) is 4.79 Å². The number of carbonyl (C=O) groups is 1. The number of hydrogen-bond acceptors (Lipinski definition) is 6. The number of aromatic nitrogens is 2. The van der Waals surface area contributed by atoms with E-state index in [1.807, 2.05) is 0 Å². The minimum absolute atomic E-state index is 0.0151. The van der Waals surface area contributed by atoms with Crippen molar-refractivity contribution in [2.75, 3.05) is 12.4 Å². The molecule has 2 heterocycles. The predicted molar refractivity (Wildman–Crippen MR) is 119 cm³/mol. The van der Waals surface area contributed by atoms with E-state index in [9.17, 15) is 4.79 Å². The van der Waals surface area contributed by atoms with Crippen molar-refractivity contribution in [1.82, 2.24) is 14.9 Å². The van der Waals surface area contributed by atoms with Crippen LogP contribution in [0.4, 0.5) is 5.82 Å². The fourth-order valence-corrected chi connectivity index (χ4v) is 5.69. The Labute approximate surface area is 179 Å². The third-order valence-electron chi connectivity index (χ3n) is 7.34. The van der Waals surface area contributed by atoms with E-state index < -0.39 is 0 Å². The summed E-state index contributed by atoms with van der Waals surface area (Å²) in [6, 6.07) is 0.427. The van der Waals surface area contributed by atoms with Gasteiger partial charge in [-0.1, -0.05) is 44.9 Å². The van der Waals surface area contributed by atoms with E-state index in [-0.39, 0.29) is 17.9 Å². The Morgan fingerprint density at radius 2 is 1.87 bits per heavy atom. The summed E-state index contributed by atoms with van der Waals surface area (Å²) in [5.74, 6) is 2.60. The van der Waals surface area contributed by atoms with Crippen LogP contribution in [-0.4, -0.2) is 45.9 Å². The van der Waals surface area contributed by atoms with Crippen molar-refractivity contribution in [3.8, 4) is 0 Å². The van der Waals surface area contributed by atoms with Gasteiger partial charge in [0, 0.05) is 25.5 Å². The SMILES string of the molecule is CN1C(=O)[C@H](CC2CCCCC2)C(C[C@H]2CCC[C@@H](Nc3cnccn3)C2)N=C1N. The average molecular weight is 413 g/mol. The van der Waals surface area contributed by atoms with Gasteiger partial charge in [0.2, 0.25) is 5.91 Å². The summed E-state index contributed by atoms with van der Waals surface area (Å²) < 4.78 is 0. The van der Waals surface area contributed by atoms with Gasteiger partial charge in [-0.25, -0.2) is 9.98 Å². The number of aliphatic imine (C=N–C) groups is 1. The zero-order valence-corrected chi connectivity index (χ0v) is 18.2. The van der Waals surface area contributed by atoms with Crippen LogP contribution < -0.4 is 11.1 Å². The molecule has 30 heavy (non-hydrogen) atoms. The van der Waals surface area contributed by atoms with E-state index in [2.05, 4.69) is 15.3 Å². The molecule has 1 aliphatic heterocycles. The molecule has 1 aromatic heterocycles. The monoisotopic (exact) mass is 412 g/mol. The number of rotatable bonds is 6. The Morgan fingerprint density at radius 1 is 1.07 bits per heavy atom. The van der Waals surface area contributed by atoms with Gasteiger partial charge in [-0.15, -0.1) is 0 Å². The summed E-state index contributed by atoms with van der Waals surface area (Å²) in [5, 5.41) is 3.54. The Balaban J connectivity index is 1.41. The molecule has 2 saturated carbocycles. The quantitative estimate of drug-likeness (QED) is 0.744. The van der Waals surface area contributed by atoms with Gasteiger partial charge < -0.3 is 11.1 Å². The molecule has 0 radical (unpaired) electrons. The maximum absolute atomic E-state index is 13.1. The molecular formula is C23H36N6O. The van der Waals surface area contributed by atoms with Gasteiger partial charge in [-0.3, -0.25) is 14.7 Å². The Bertz CT molecular complexity index is 732. The molecule has 164 valence electrons. The molecule has 3 N–H and O–H groups in total. The van der Waals surface area contributed by atoms with Gasteiger partial charge in [-0.2, -0.15) is 0 Å². The zero-order valence-electron chi connectivity index (χ0n) is 18.2. The lowest BCUT2D eigenvalue weighted by molar-refractivity contribution is -0.133. The summed E-state index contributed by atoms with van der Waals surface area (Å²) in [5.41, 5.74) is 6.12. The van der Waals surface area contributed by atoms with Crippen LogP contribution in [0, 0.1) is 17.8 Å². The van der Waals surface area contributed by atoms with E-state index in [0.29, 0.717) is 23.8 Å². The molecule has 0 spiro atoms. The summed E-state index contributed by atoms with van der Waals surface area (Å²) >= 11 is 0. The first-order valence-electron chi connectivity index (χ1n) is 11.7. The first-order chi connectivity index (χ1) is 14.6. The van der Waals surface area contributed by atoms with Crippen LogP contribution in [0.15, 0.2) is 23.6 Å². The first-order valence-corrected chi connectivity index (χ1v) is 11.7. The molecule has 1 unspecified atom stereocenters. The molecule has 2 aliphatic carbocycles. The number of nitrogens with two attached hydrogens (primary N) is 1. The molecule has 0 saturated heterocycles. The predicted octanol–water partition coefficient (Wildman–Crippen LogP) is 3.58. The van der Waals surface area contributed by atoms with Gasteiger partial charge in [0.1, 0.15) is 5.82 Å². The summed E-state index contributed by atoms with van der Waals surface area (Å²) in [6.45, 7) is 0. The molecular weight excluding hydrogens is 376 g/mol. The van der Waals surface area contributed by atoms with Crippen molar-refractivity contribution >= 4 is 17.7 Å². The summed E-state index contributed by atoms with van der Waals surface area (Å²) in [6.07, 6.45) is 18.2. The lowest BCUT2D eigenvalue weighted by Crippen LogP contribution is -2.51. The number of nitrogens with one attached hydrogen (secondary N) is 1. The van der Waals surface area contributed by atoms with Gasteiger partial charge in [0.05, 0.1) is 18.2 Å². The molecule has 1 aromatic rings. The number of anilines is 1. The number of amides is 1. The fraction of sp³-hybridized carbons (Fsp3) is 0.739. The largest absolute Gasteiger partial charge is 0.369 e. The smallest absolute Gasteiger partial charge is 0.234 e. The number of nitrogens with zero attached hydrogens (tertiary/aromatic N) is 4. The second-order valence-electron chi connectivity index (χ2n) is 9.50. The van der Waals surface area contributed by atoms with E-state index in [1.165, 1.54) is 44.9 Å². The maximum atomic E-state index is 13.1. The van der Waals surface area contributed by atoms with E-state index in [4.69, 9.17) is 10.7 Å². The second-order valence-corrected chi connectivity index (χ2v) is 9.50. The van der Waals surface area contributed by atoms with Crippen molar-refractivity contribution in [3.05, 3.63) is 18.6 Å². The third-order valence-corrected chi connectivity index (χ3v) is 7.34. The van der Waals surface area contributed by atoms with Crippen LogP contribution in [0.5, 0.6) is 0 Å². The van der Waals surface area contributed by atoms with Crippen molar-refractivity contribution < 1.29 is 4.79 Å². The average Bonchev–Trinajstić information content (AvgIpc) is 2.77. The zero-order chi connectivity index (χ0) is 20.9. The van der Waals surface area contributed by atoms with Crippen molar-refractivity contribution in [1.29, 1.82) is 0 Å². The summed E-state index contributed by atoms with van der Waals surface area (Å²) in [7, 11) is 1.77. The summed E-state index contributed by atoms with van der Waals surface area (Å²) in [4.78, 5) is 28.0. The molecule has 2 fully saturated rings. The molecule has 3 aliphatic rings. The molecule has 7 nitrogen and oxygen atoms in total. The fourth-order valence-electron chi connectivity index (χ4n) is 5.69. The standard InChI is InChI=1S/C23H36N6O/c1-29-22(30)19(13-16-6-3-2-4-7-16)20(28-23(29)24)14-17-8-5-9-18(12-17)27-21-15-25-10-11-26-21/h10-11,15-20H,2-9,12-14H2,1H3,(H2,24,28)(H,26,27)/t17-,18+,19+,20?/m0/s1. The van der Waals surface area contributed by atoms with Gasteiger partial charge in [0.15, 0.2) is 5.96 Å². The second kappa shape index (κ2) is 9.75. The van der Waals surface area contributed by atoms with Crippen LogP contribution >= 0.6 is 0 Å². The van der Waals surface area contributed by atoms with Gasteiger partial charge >= 0.3 is 0 Å².